The van der Waals surface area contributed by atoms with Crippen molar-refractivity contribution < 1.29 is 18.3 Å². The van der Waals surface area contributed by atoms with Crippen molar-refractivity contribution in [2.45, 2.75) is 11.4 Å². The van der Waals surface area contributed by atoms with Gasteiger partial charge in [-0.25, -0.2) is 17.9 Å². The van der Waals surface area contributed by atoms with Crippen LogP contribution in [-0.4, -0.2) is 29.5 Å². The Bertz CT molecular complexity index is 1020. The van der Waals surface area contributed by atoms with Crippen LogP contribution in [-0.2, 0) is 16.6 Å². The average molecular weight is 369 g/mol. The van der Waals surface area contributed by atoms with E-state index in [9.17, 15) is 18.3 Å². The van der Waals surface area contributed by atoms with Crippen LogP contribution in [0.4, 0.5) is 0 Å². The smallest absolute Gasteiger partial charge is 0.335 e. The van der Waals surface area contributed by atoms with Gasteiger partial charge in [-0.05, 0) is 42.0 Å². The lowest BCUT2D eigenvalue weighted by Crippen LogP contribution is -2.24. The number of carbonyl (C=O) groups is 1. The van der Waals surface area contributed by atoms with Gasteiger partial charge in [0.25, 0.3) is 0 Å². The SMILES string of the molecule is O=C(O)c1cc(-c2cccnc2)cc(S(=O)(=O)NCc2ccccn2)c1. The first kappa shape index (κ1) is 17.7. The Hall–Kier alpha value is -3.10. The number of sulfonamides is 1. The molecule has 0 bridgehead atoms. The zero-order valence-electron chi connectivity index (χ0n) is 13.5. The molecule has 0 saturated carbocycles. The van der Waals surface area contributed by atoms with Crippen LogP contribution in [0.25, 0.3) is 11.1 Å². The molecule has 0 radical (unpaired) electrons. The molecule has 2 N–H and O–H groups in total. The van der Waals surface area contributed by atoms with Gasteiger partial charge in [0.15, 0.2) is 0 Å². The molecule has 2 heterocycles. The number of aromatic carboxylic acids is 1. The Morgan fingerprint density at radius 1 is 1.04 bits per heavy atom. The van der Waals surface area contributed by atoms with Crippen LogP contribution in [0.1, 0.15) is 16.1 Å². The number of nitrogens with zero attached hydrogens (tertiary/aromatic N) is 2. The second kappa shape index (κ2) is 7.42. The molecule has 2 aromatic heterocycles. The van der Waals surface area contributed by atoms with E-state index in [1.165, 1.54) is 12.1 Å². The molecule has 0 atom stereocenters. The molecular formula is C18H15N3O4S. The number of hydrogen-bond acceptors (Lipinski definition) is 5. The van der Waals surface area contributed by atoms with Crippen LogP contribution in [0.5, 0.6) is 0 Å². The summed E-state index contributed by atoms with van der Waals surface area (Å²) in [6.45, 7) is 0.00268. The highest BCUT2D eigenvalue weighted by Crippen LogP contribution is 2.24. The lowest BCUT2D eigenvalue weighted by atomic mass is 10.0. The van der Waals surface area contributed by atoms with Crippen molar-refractivity contribution in [3.05, 3.63) is 78.4 Å². The van der Waals surface area contributed by atoms with Crippen molar-refractivity contribution in [2.75, 3.05) is 0 Å². The highest BCUT2D eigenvalue weighted by atomic mass is 32.2. The van der Waals surface area contributed by atoms with Crippen molar-refractivity contribution in [1.82, 2.24) is 14.7 Å². The predicted molar refractivity (Wildman–Crippen MR) is 94.9 cm³/mol. The van der Waals surface area contributed by atoms with Crippen molar-refractivity contribution in [2.24, 2.45) is 0 Å². The Kier molecular flexibility index (Phi) is 5.06. The van der Waals surface area contributed by atoms with Gasteiger partial charge in [0, 0.05) is 24.2 Å². The van der Waals surface area contributed by atoms with Crippen molar-refractivity contribution >= 4 is 16.0 Å². The third-order valence-electron chi connectivity index (χ3n) is 3.63. The van der Waals surface area contributed by atoms with Gasteiger partial charge in [0.1, 0.15) is 0 Å². The van der Waals surface area contributed by atoms with Crippen molar-refractivity contribution in [1.29, 1.82) is 0 Å². The van der Waals surface area contributed by atoms with E-state index in [-0.39, 0.29) is 17.0 Å². The Morgan fingerprint density at radius 3 is 2.54 bits per heavy atom. The summed E-state index contributed by atoms with van der Waals surface area (Å²) in [4.78, 5) is 19.3. The number of nitrogens with one attached hydrogen (secondary N) is 1. The van der Waals surface area contributed by atoms with Crippen LogP contribution < -0.4 is 4.72 Å². The minimum absolute atomic E-state index is 0.00268. The number of hydrogen-bond donors (Lipinski definition) is 2. The second-order valence-corrected chi connectivity index (χ2v) is 7.21. The van der Waals surface area contributed by atoms with E-state index >= 15 is 0 Å². The summed E-state index contributed by atoms with van der Waals surface area (Å²) in [5.74, 6) is -1.21. The zero-order valence-corrected chi connectivity index (χ0v) is 14.3. The molecule has 0 spiro atoms. The first-order valence-electron chi connectivity index (χ1n) is 7.64. The molecule has 26 heavy (non-hydrogen) atoms. The standard InChI is InChI=1S/C18H15N3O4S/c22-18(23)15-8-14(13-4-3-6-19-11-13)9-17(10-15)26(24,25)21-12-16-5-1-2-7-20-16/h1-11,21H,12H2,(H,22,23). The molecule has 0 unspecified atom stereocenters. The number of pyridine rings is 2. The van der Waals surface area contributed by atoms with Crippen LogP contribution in [0, 0.1) is 0 Å². The minimum atomic E-state index is -3.92. The Morgan fingerprint density at radius 2 is 1.88 bits per heavy atom. The molecule has 8 heteroatoms. The van der Waals surface area contributed by atoms with Gasteiger partial charge in [0.2, 0.25) is 10.0 Å². The normalized spacial score (nSPS) is 11.2. The minimum Gasteiger partial charge on any atom is -0.478 e. The molecule has 132 valence electrons. The summed E-state index contributed by atoms with van der Waals surface area (Å²) in [6, 6.07) is 12.6. The number of aromatic nitrogens is 2. The van der Waals surface area contributed by atoms with Gasteiger partial charge in [-0.15, -0.1) is 0 Å². The molecule has 7 nitrogen and oxygen atoms in total. The monoisotopic (exact) mass is 369 g/mol. The lowest BCUT2D eigenvalue weighted by molar-refractivity contribution is 0.0696. The topological polar surface area (TPSA) is 109 Å². The fourth-order valence-corrected chi connectivity index (χ4v) is 3.40. The van der Waals surface area contributed by atoms with Crippen molar-refractivity contribution in [3.8, 4) is 11.1 Å². The summed E-state index contributed by atoms with van der Waals surface area (Å²) >= 11 is 0. The maximum atomic E-state index is 12.6. The molecule has 0 amide bonds. The molecule has 1 aromatic carbocycles. The molecule has 0 aliphatic rings. The number of carboxylic acid groups (broad SMARTS) is 1. The zero-order chi connectivity index (χ0) is 18.6. The van der Waals surface area contributed by atoms with E-state index in [1.807, 2.05) is 0 Å². The third-order valence-corrected chi connectivity index (χ3v) is 5.01. The Labute approximate surface area is 150 Å². The van der Waals surface area contributed by atoms with Gasteiger partial charge in [0.05, 0.1) is 22.7 Å². The largest absolute Gasteiger partial charge is 0.478 e. The molecule has 0 aliphatic heterocycles. The third kappa shape index (κ3) is 4.11. The van der Waals surface area contributed by atoms with E-state index in [0.717, 1.165) is 6.07 Å². The fourth-order valence-electron chi connectivity index (χ4n) is 2.33. The summed E-state index contributed by atoms with van der Waals surface area (Å²) < 4.78 is 27.7. The summed E-state index contributed by atoms with van der Waals surface area (Å²) in [6.07, 6.45) is 4.69. The van der Waals surface area contributed by atoms with Crippen LogP contribution in [0.3, 0.4) is 0 Å². The quantitative estimate of drug-likeness (QED) is 0.690. The molecule has 0 fully saturated rings. The first-order chi connectivity index (χ1) is 12.5. The summed E-state index contributed by atoms with van der Waals surface area (Å²) in [7, 11) is -3.92. The van der Waals surface area contributed by atoms with Crippen molar-refractivity contribution in [3.63, 3.8) is 0 Å². The van der Waals surface area contributed by atoms with E-state index in [1.54, 1.807) is 48.9 Å². The summed E-state index contributed by atoms with van der Waals surface area (Å²) in [5.41, 5.74) is 1.51. The molecular weight excluding hydrogens is 354 g/mol. The molecule has 3 aromatic rings. The van der Waals surface area contributed by atoms with Gasteiger partial charge in [-0.2, -0.15) is 0 Å². The van der Waals surface area contributed by atoms with Crippen LogP contribution in [0.2, 0.25) is 0 Å². The van der Waals surface area contributed by atoms with Gasteiger partial charge < -0.3 is 5.11 Å². The maximum absolute atomic E-state index is 12.6. The highest BCUT2D eigenvalue weighted by molar-refractivity contribution is 7.89. The number of rotatable bonds is 6. The van der Waals surface area contributed by atoms with E-state index < -0.39 is 16.0 Å². The van der Waals surface area contributed by atoms with E-state index in [0.29, 0.717) is 16.8 Å². The van der Waals surface area contributed by atoms with Gasteiger partial charge in [-0.1, -0.05) is 12.1 Å². The van der Waals surface area contributed by atoms with Gasteiger partial charge >= 0.3 is 5.97 Å². The lowest BCUT2D eigenvalue weighted by Gasteiger charge is -2.10. The highest BCUT2D eigenvalue weighted by Gasteiger charge is 2.18. The second-order valence-electron chi connectivity index (χ2n) is 5.44. The van der Waals surface area contributed by atoms with Crippen LogP contribution >= 0.6 is 0 Å². The molecule has 3 rings (SSSR count). The van der Waals surface area contributed by atoms with E-state index in [4.69, 9.17) is 0 Å². The van der Waals surface area contributed by atoms with Crippen LogP contribution in [0.15, 0.2) is 72.0 Å². The number of carboxylic acids is 1. The number of benzene rings is 1. The Balaban J connectivity index is 1.97. The molecule has 0 aliphatic carbocycles. The first-order valence-corrected chi connectivity index (χ1v) is 9.12. The average Bonchev–Trinajstić information content (AvgIpc) is 2.67. The van der Waals surface area contributed by atoms with E-state index in [2.05, 4.69) is 14.7 Å². The fraction of sp³-hybridized carbons (Fsp3) is 0.0556. The summed E-state index contributed by atoms with van der Waals surface area (Å²) in [5, 5.41) is 9.31. The predicted octanol–water partition coefficient (Wildman–Crippen LogP) is 2.32. The molecule has 0 saturated heterocycles. The van der Waals surface area contributed by atoms with Gasteiger partial charge in [-0.3, -0.25) is 9.97 Å². The maximum Gasteiger partial charge on any atom is 0.335 e.